The first-order valence-corrected chi connectivity index (χ1v) is 8.59. The molecule has 0 radical (unpaired) electrons. The summed E-state index contributed by atoms with van der Waals surface area (Å²) < 4.78 is 15.7. The molecular weight excluding hydrogens is 346 g/mol. The maximum Gasteiger partial charge on any atom is 0.331 e. The van der Waals surface area contributed by atoms with E-state index >= 15 is 0 Å². The van der Waals surface area contributed by atoms with Crippen LogP contribution in [0.2, 0.25) is 0 Å². The summed E-state index contributed by atoms with van der Waals surface area (Å²) in [5, 5.41) is 2.68. The topological polar surface area (TPSA) is 73.9 Å². The van der Waals surface area contributed by atoms with Gasteiger partial charge in [0.05, 0.1) is 19.4 Å². The van der Waals surface area contributed by atoms with E-state index in [9.17, 15) is 9.59 Å². The number of esters is 1. The molecular formula is C21H23NO5. The van der Waals surface area contributed by atoms with Gasteiger partial charge in [-0.15, -0.1) is 0 Å². The molecule has 0 spiro atoms. The predicted molar refractivity (Wildman–Crippen MR) is 104 cm³/mol. The van der Waals surface area contributed by atoms with Crippen molar-refractivity contribution < 1.29 is 23.8 Å². The molecule has 0 fully saturated rings. The van der Waals surface area contributed by atoms with Crippen LogP contribution in [0.4, 0.5) is 5.69 Å². The first-order valence-electron chi connectivity index (χ1n) is 8.59. The number of para-hydroxylation sites is 2. The zero-order valence-electron chi connectivity index (χ0n) is 15.6. The lowest BCUT2D eigenvalue weighted by Gasteiger charge is -2.14. The summed E-state index contributed by atoms with van der Waals surface area (Å²) >= 11 is 0. The molecule has 0 aromatic heterocycles. The minimum Gasteiger partial charge on any atom is -0.495 e. The van der Waals surface area contributed by atoms with Crippen LogP contribution in [0.3, 0.4) is 0 Å². The number of rotatable bonds is 8. The lowest BCUT2D eigenvalue weighted by atomic mass is 10.2. The van der Waals surface area contributed by atoms with E-state index in [1.165, 1.54) is 20.1 Å². The molecule has 2 rings (SSSR count). The maximum atomic E-state index is 12.2. The number of carbonyl (C=O) groups excluding carboxylic acids is 2. The normalized spacial score (nSPS) is 11.7. The highest BCUT2D eigenvalue weighted by Crippen LogP contribution is 2.23. The molecule has 2 aromatic carbocycles. The third kappa shape index (κ3) is 6.18. The van der Waals surface area contributed by atoms with E-state index < -0.39 is 18.0 Å². The number of amides is 1. The minimum atomic E-state index is -0.951. The Morgan fingerprint density at radius 3 is 2.48 bits per heavy atom. The van der Waals surface area contributed by atoms with Crippen LogP contribution >= 0.6 is 0 Å². The number of nitrogens with one attached hydrogen (secondary N) is 1. The maximum absolute atomic E-state index is 12.2. The van der Waals surface area contributed by atoms with Gasteiger partial charge in [-0.25, -0.2) is 4.79 Å². The van der Waals surface area contributed by atoms with Crippen LogP contribution in [0, 0.1) is 0 Å². The van der Waals surface area contributed by atoms with Crippen molar-refractivity contribution in [3.63, 3.8) is 0 Å². The highest BCUT2D eigenvalue weighted by atomic mass is 16.5. The molecule has 6 nitrogen and oxygen atoms in total. The van der Waals surface area contributed by atoms with Gasteiger partial charge in [-0.3, -0.25) is 4.79 Å². The van der Waals surface area contributed by atoms with Crippen LogP contribution in [0.15, 0.2) is 54.6 Å². The van der Waals surface area contributed by atoms with E-state index in [1.54, 1.807) is 30.3 Å². The van der Waals surface area contributed by atoms with Crippen LogP contribution in [0.1, 0.15) is 19.4 Å². The van der Waals surface area contributed by atoms with Crippen LogP contribution < -0.4 is 14.8 Å². The summed E-state index contributed by atoms with van der Waals surface area (Å²) in [4.78, 5) is 24.1. The second-order valence-corrected chi connectivity index (χ2v) is 5.60. The number of hydrogen-bond acceptors (Lipinski definition) is 5. The third-order valence-corrected chi connectivity index (χ3v) is 3.63. The molecule has 142 valence electrons. The molecule has 0 aliphatic heterocycles. The highest BCUT2D eigenvalue weighted by Gasteiger charge is 2.18. The van der Waals surface area contributed by atoms with Crippen molar-refractivity contribution in [3.05, 3.63) is 60.2 Å². The van der Waals surface area contributed by atoms with Crippen molar-refractivity contribution >= 4 is 23.6 Å². The molecule has 0 heterocycles. The summed E-state index contributed by atoms with van der Waals surface area (Å²) in [6.07, 6.45) is 1.94. The highest BCUT2D eigenvalue weighted by molar-refractivity contribution is 5.97. The Morgan fingerprint density at radius 2 is 1.81 bits per heavy atom. The largest absolute Gasteiger partial charge is 0.495 e. The molecule has 0 aliphatic carbocycles. The number of anilines is 1. The minimum absolute atomic E-state index is 0.442. The molecule has 0 aliphatic rings. The first-order chi connectivity index (χ1) is 13.0. The standard InChI is InChI=1S/C21H23NO5/c1-4-26-17-12-9-16(10-13-17)11-14-20(23)27-15(2)21(24)22-18-7-5-6-8-19(18)25-3/h5-15H,4H2,1-3H3,(H,22,24)/b14-11+/t15-/m1/s1. The van der Waals surface area contributed by atoms with E-state index in [-0.39, 0.29) is 0 Å². The number of methoxy groups -OCH3 is 1. The predicted octanol–water partition coefficient (Wildman–Crippen LogP) is 3.68. The molecule has 0 unspecified atom stereocenters. The lowest BCUT2D eigenvalue weighted by molar-refractivity contribution is -0.148. The Bertz CT molecular complexity index is 798. The Kier molecular flexibility index (Phi) is 7.43. The van der Waals surface area contributed by atoms with Crippen molar-refractivity contribution in [2.24, 2.45) is 0 Å². The van der Waals surface area contributed by atoms with Crippen molar-refractivity contribution in [2.45, 2.75) is 20.0 Å². The van der Waals surface area contributed by atoms with Gasteiger partial charge < -0.3 is 19.5 Å². The summed E-state index contributed by atoms with van der Waals surface area (Å²) in [7, 11) is 1.51. The molecule has 1 atom stereocenters. The van der Waals surface area contributed by atoms with Crippen LogP contribution in [0.25, 0.3) is 6.08 Å². The molecule has 2 aromatic rings. The van der Waals surface area contributed by atoms with Crippen molar-refractivity contribution in [1.82, 2.24) is 0 Å². The molecule has 0 saturated heterocycles. The quantitative estimate of drug-likeness (QED) is 0.568. The Hall–Kier alpha value is -3.28. The monoisotopic (exact) mass is 369 g/mol. The number of carbonyl (C=O) groups is 2. The number of ether oxygens (including phenoxy) is 3. The smallest absolute Gasteiger partial charge is 0.331 e. The van der Waals surface area contributed by atoms with Gasteiger partial charge in [-0.2, -0.15) is 0 Å². The first kappa shape index (κ1) is 20.0. The van der Waals surface area contributed by atoms with E-state index in [2.05, 4.69) is 5.32 Å². The number of hydrogen-bond donors (Lipinski definition) is 1. The molecule has 27 heavy (non-hydrogen) atoms. The van der Waals surface area contributed by atoms with Crippen molar-refractivity contribution in [3.8, 4) is 11.5 Å². The van der Waals surface area contributed by atoms with Gasteiger partial charge in [0.15, 0.2) is 6.10 Å². The van der Waals surface area contributed by atoms with Crippen molar-refractivity contribution in [2.75, 3.05) is 19.0 Å². The van der Waals surface area contributed by atoms with E-state index in [0.717, 1.165) is 11.3 Å². The fourth-order valence-corrected chi connectivity index (χ4v) is 2.26. The van der Waals surface area contributed by atoms with Crippen molar-refractivity contribution in [1.29, 1.82) is 0 Å². The molecule has 0 bridgehead atoms. The summed E-state index contributed by atoms with van der Waals surface area (Å²) in [5.41, 5.74) is 1.33. The Labute approximate surface area is 158 Å². The average molecular weight is 369 g/mol. The zero-order chi connectivity index (χ0) is 19.6. The lowest BCUT2D eigenvalue weighted by Crippen LogP contribution is -2.29. The van der Waals surface area contributed by atoms with Gasteiger partial charge >= 0.3 is 5.97 Å². The molecule has 6 heteroatoms. The van der Waals surface area contributed by atoms with Gasteiger partial charge in [0, 0.05) is 6.08 Å². The second kappa shape index (κ2) is 10.0. The fraction of sp³-hybridized carbons (Fsp3) is 0.238. The zero-order valence-corrected chi connectivity index (χ0v) is 15.6. The molecule has 1 N–H and O–H groups in total. The van der Waals surface area contributed by atoms with Gasteiger partial charge in [0.2, 0.25) is 0 Å². The number of benzene rings is 2. The van der Waals surface area contributed by atoms with Gasteiger partial charge in [0.25, 0.3) is 5.91 Å². The Morgan fingerprint density at radius 1 is 1.11 bits per heavy atom. The van der Waals surface area contributed by atoms with Crippen LogP contribution in [-0.4, -0.2) is 31.7 Å². The van der Waals surface area contributed by atoms with E-state index in [1.807, 2.05) is 31.2 Å². The van der Waals surface area contributed by atoms with Gasteiger partial charge in [-0.1, -0.05) is 24.3 Å². The van der Waals surface area contributed by atoms with Crippen LogP contribution in [0.5, 0.6) is 11.5 Å². The van der Waals surface area contributed by atoms with Gasteiger partial charge in [-0.05, 0) is 49.8 Å². The summed E-state index contributed by atoms with van der Waals surface area (Å²) in [6.45, 7) is 4.01. The average Bonchev–Trinajstić information content (AvgIpc) is 2.68. The molecule has 0 saturated carbocycles. The summed E-state index contributed by atoms with van der Waals surface area (Å²) in [5.74, 6) is 0.243. The van der Waals surface area contributed by atoms with E-state index in [4.69, 9.17) is 14.2 Å². The summed E-state index contributed by atoms with van der Waals surface area (Å²) in [6, 6.07) is 14.3. The SMILES string of the molecule is CCOc1ccc(/C=C/C(=O)O[C@H](C)C(=O)Nc2ccccc2OC)cc1. The van der Waals surface area contributed by atoms with E-state index in [0.29, 0.717) is 18.0 Å². The third-order valence-electron chi connectivity index (χ3n) is 3.63. The van der Waals surface area contributed by atoms with Crippen LogP contribution in [-0.2, 0) is 14.3 Å². The fourth-order valence-electron chi connectivity index (χ4n) is 2.26. The molecule has 1 amide bonds. The van der Waals surface area contributed by atoms with Gasteiger partial charge in [0.1, 0.15) is 11.5 Å². The second-order valence-electron chi connectivity index (χ2n) is 5.60. The Balaban J connectivity index is 1.89.